The highest BCUT2D eigenvalue weighted by Gasteiger charge is 2.31. The lowest BCUT2D eigenvalue weighted by atomic mass is 10.0. The van der Waals surface area contributed by atoms with Gasteiger partial charge >= 0.3 is 6.18 Å². The number of nitrogens with zero attached hydrogens (tertiary/aromatic N) is 1. The van der Waals surface area contributed by atoms with Crippen LogP contribution in [0, 0.1) is 17.1 Å². The summed E-state index contributed by atoms with van der Waals surface area (Å²) in [7, 11) is 0. The Morgan fingerprint density at radius 1 is 1.29 bits per heavy atom. The van der Waals surface area contributed by atoms with Gasteiger partial charge in [0.2, 0.25) is 0 Å². The maximum Gasteiger partial charge on any atom is 0.416 e. The van der Waals surface area contributed by atoms with E-state index in [2.05, 4.69) is 0 Å². The summed E-state index contributed by atoms with van der Waals surface area (Å²) in [5.74, 6) is -1.02. The smallest absolute Gasteiger partial charge is 0.323 e. The van der Waals surface area contributed by atoms with E-state index in [1.807, 2.05) is 0 Å². The Morgan fingerprint density at radius 2 is 1.88 bits per heavy atom. The van der Waals surface area contributed by atoms with Crippen LogP contribution in [0.4, 0.5) is 17.6 Å². The minimum atomic E-state index is -4.62. The second-order valence-electron chi connectivity index (χ2n) is 3.24. The Kier molecular flexibility index (Phi) is 5.39. The van der Waals surface area contributed by atoms with Crippen LogP contribution in [0.5, 0.6) is 0 Å². The Balaban J connectivity index is 0.00000256. The van der Waals surface area contributed by atoms with Crippen molar-refractivity contribution in [3.63, 3.8) is 0 Å². The molecule has 1 aromatic carbocycles. The zero-order chi connectivity index (χ0) is 12.3. The van der Waals surface area contributed by atoms with Gasteiger partial charge in [-0.25, -0.2) is 4.39 Å². The highest BCUT2D eigenvalue weighted by Crippen LogP contribution is 2.31. The second kappa shape index (κ2) is 5.84. The largest absolute Gasteiger partial charge is 0.416 e. The number of benzene rings is 1. The summed E-state index contributed by atoms with van der Waals surface area (Å²) in [6.45, 7) is 0. The average Bonchev–Trinajstić information content (AvgIpc) is 2.16. The van der Waals surface area contributed by atoms with Crippen LogP contribution >= 0.6 is 12.4 Å². The van der Waals surface area contributed by atoms with E-state index in [1.54, 1.807) is 6.07 Å². The van der Waals surface area contributed by atoms with Gasteiger partial charge in [-0.05, 0) is 23.8 Å². The van der Waals surface area contributed by atoms with Crippen molar-refractivity contribution in [2.24, 2.45) is 5.73 Å². The van der Waals surface area contributed by atoms with Crippen molar-refractivity contribution in [1.82, 2.24) is 0 Å². The van der Waals surface area contributed by atoms with Gasteiger partial charge in [-0.3, -0.25) is 0 Å². The number of hydrogen-bond donors (Lipinski definition) is 1. The molecule has 0 aliphatic carbocycles. The molecule has 0 unspecified atom stereocenters. The van der Waals surface area contributed by atoms with E-state index in [1.165, 1.54) is 0 Å². The Hall–Kier alpha value is -1.32. The van der Waals surface area contributed by atoms with Gasteiger partial charge in [0, 0.05) is 6.04 Å². The molecule has 0 spiro atoms. The van der Waals surface area contributed by atoms with E-state index in [4.69, 9.17) is 11.0 Å². The van der Waals surface area contributed by atoms with Crippen LogP contribution in [-0.4, -0.2) is 0 Å². The summed E-state index contributed by atoms with van der Waals surface area (Å²) in [5, 5.41) is 8.35. The third-order valence-electron chi connectivity index (χ3n) is 1.99. The molecule has 2 N–H and O–H groups in total. The van der Waals surface area contributed by atoms with Gasteiger partial charge < -0.3 is 5.73 Å². The van der Waals surface area contributed by atoms with Crippen LogP contribution in [-0.2, 0) is 6.18 Å². The van der Waals surface area contributed by atoms with E-state index >= 15 is 0 Å². The zero-order valence-corrected chi connectivity index (χ0v) is 9.28. The van der Waals surface area contributed by atoms with Gasteiger partial charge in [0.1, 0.15) is 5.82 Å². The van der Waals surface area contributed by atoms with Crippen molar-refractivity contribution in [3.05, 3.63) is 35.1 Å². The first kappa shape index (κ1) is 15.7. The van der Waals surface area contributed by atoms with E-state index in [-0.39, 0.29) is 24.4 Å². The molecule has 1 aromatic rings. The summed E-state index contributed by atoms with van der Waals surface area (Å²) in [6, 6.07) is 2.85. The van der Waals surface area contributed by atoms with Crippen LogP contribution < -0.4 is 5.73 Å². The number of nitrogens with two attached hydrogens (primary N) is 1. The number of hydrogen-bond acceptors (Lipinski definition) is 2. The Labute approximate surface area is 101 Å². The molecule has 0 aliphatic rings. The third kappa shape index (κ3) is 4.21. The molecular weight excluding hydrogens is 260 g/mol. The van der Waals surface area contributed by atoms with Gasteiger partial charge in [0.25, 0.3) is 0 Å². The molecule has 1 atom stereocenters. The van der Waals surface area contributed by atoms with E-state index in [9.17, 15) is 17.6 Å². The summed E-state index contributed by atoms with van der Waals surface area (Å²) in [4.78, 5) is 0. The third-order valence-corrected chi connectivity index (χ3v) is 1.99. The number of alkyl halides is 3. The van der Waals surface area contributed by atoms with E-state index in [0.717, 1.165) is 12.1 Å². The van der Waals surface area contributed by atoms with Gasteiger partial charge in [-0.2, -0.15) is 18.4 Å². The van der Waals surface area contributed by atoms with Gasteiger partial charge in [0.15, 0.2) is 0 Å². The summed E-state index contributed by atoms with van der Waals surface area (Å²) < 4.78 is 49.9. The van der Waals surface area contributed by atoms with Gasteiger partial charge in [0.05, 0.1) is 18.1 Å². The quantitative estimate of drug-likeness (QED) is 0.838. The first-order valence-corrected chi connectivity index (χ1v) is 4.35. The van der Waals surface area contributed by atoms with Crippen molar-refractivity contribution in [2.75, 3.05) is 0 Å². The Bertz CT molecular complexity index is 425. The van der Waals surface area contributed by atoms with Crippen LogP contribution in [0.1, 0.15) is 23.6 Å². The predicted octanol–water partition coefficient (Wildman–Crippen LogP) is 3.18. The fraction of sp³-hybridized carbons (Fsp3) is 0.300. The fourth-order valence-corrected chi connectivity index (χ4v) is 1.21. The van der Waals surface area contributed by atoms with Crippen molar-refractivity contribution >= 4 is 12.4 Å². The first-order valence-electron chi connectivity index (χ1n) is 4.35. The summed E-state index contributed by atoms with van der Waals surface area (Å²) >= 11 is 0. The summed E-state index contributed by atoms with van der Waals surface area (Å²) in [5.41, 5.74) is 4.30. The molecule has 0 heterocycles. The lowest BCUT2D eigenvalue weighted by Gasteiger charge is -2.12. The van der Waals surface area contributed by atoms with Crippen LogP contribution in [0.2, 0.25) is 0 Å². The van der Waals surface area contributed by atoms with Crippen molar-refractivity contribution in [2.45, 2.75) is 18.6 Å². The molecule has 1 rings (SSSR count). The molecule has 0 amide bonds. The molecular formula is C10H9ClF4N2. The van der Waals surface area contributed by atoms with Crippen LogP contribution in [0.3, 0.4) is 0 Å². The molecule has 0 radical (unpaired) electrons. The SMILES string of the molecule is Cl.N#CC[C@@H](N)c1cc(F)cc(C(F)(F)F)c1. The normalized spacial score (nSPS) is 12.5. The molecule has 94 valence electrons. The predicted molar refractivity (Wildman–Crippen MR) is 55.8 cm³/mol. The highest BCUT2D eigenvalue weighted by atomic mass is 35.5. The first-order chi connectivity index (χ1) is 7.34. The van der Waals surface area contributed by atoms with Crippen molar-refractivity contribution < 1.29 is 17.6 Å². The van der Waals surface area contributed by atoms with E-state index < -0.39 is 23.6 Å². The molecule has 7 heteroatoms. The topological polar surface area (TPSA) is 49.8 Å². The van der Waals surface area contributed by atoms with E-state index in [0.29, 0.717) is 6.07 Å². The highest BCUT2D eigenvalue weighted by molar-refractivity contribution is 5.85. The minimum Gasteiger partial charge on any atom is -0.323 e. The molecule has 0 bridgehead atoms. The monoisotopic (exact) mass is 268 g/mol. The molecule has 0 aromatic heterocycles. The lowest BCUT2D eigenvalue weighted by molar-refractivity contribution is -0.137. The maximum absolute atomic E-state index is 12.9. The van der Waals surface area contributed by atoms with Crippen LogP contribution in [0.15, 0.2) is 18.2 Å². The maximum atomic E-state index is 12.9. The molecule has 17 heavy (non-hydrogen) atoms. The minimum absolute atomic E-state index is 0. The van der Waals surface area contributed by atoms with Crippen LogP contribution in [0.25, 0.3) is 0 Å². The number of nitriles is 1. The van der Waals surface area contributed by atoms with Crippen molar-refractivity contribution in [3.8, 4) is 6.07 Å². The second-order valence-corrected chi connectivity index (χ2v) is 3.24. The van der Waals surface area contributed by atoms with Gasteiger partial charge in [-0.1, -0.05) is 0 Å². The average molecular weight is 269 g/mol. The van der Waals surface area contributed by atoms with Crippen molar-refractivity contribution in [1.29, 1.82) is 5.26 Å². The number of halogens is 5. The molecule has 0 saturated carbocycles. The molecule has 2 nitrogen and oxygen atoms in total. The zero-order valence-electron chi connectivity index (χ0n) is 8.46. The number of rotatable bonds is 2. The fourth-order valence-electron chi connectivity index (χ4n) is 1.21. The molecule has 0 fully saturated rings. The standard InChI is InChI=1S/C10H8F4N2.ClH/c11-8-4-6(9(16)1-2-15)3-7(5-8)10(12,13)14;/h3-5,9H,1,16H2;1H/t9-;/m1./s1. The Morgan fingerprint density at radius 3 is 2.35 bits per heavy atom. The lowest BCUT2D eigenvalue weighted by Crippen LogP contribution is -2.12. The summed E-state index contributed by atoms with van der Waals surface area (Å²) in [6.07, 6.45) is -4.79. The van der Waals surface area contributed by atoms with Gasteiger partial charge in [-0.15, -0.1) is 12.4 Å². The molecule has 0 saturated heterocycles. The molecule has 0 aliphatic heterocycles.